The van der Waals surface area contributed by atoms with Gasteiger partial charge in [-0.25, -0.2) is 9.13 Å². The van der Waals surface area contributed by atoms with Gasteiger partial charge in [0, 0.05) is 25.7 Å². The van der Waals surface area contributed by atoms with Crippen LogP contribution in [0.15, 0.2) is 0 Å². The quantitative estimate of drug-likeness (QED) is 0.0222. The van der Waals surface area contributed by atoms with Gasteiger partial charge in [0.25, 0.3) is 0 Å². The second-order valence-electron chi connectivity index (χ2n) is 21.7. The molecule has 0 radical (unpaired) electrons. The summed E-state index contributed by atoms with van der Waals surface area (Å²) < 4.78 is 67.6. The van der Waals surface area contributed by atoms with Gasteiger partial charge in [-0.05, 0) is 25.7 Å². The predicted octanol–water partition coefficient (Wildman–Crippen LogP) is 16.4. The Bertz CT molecular complexity index is 1540. The number of hydrogen-bond donors (Lipinski definition) is 3. The fraction of sp³-hybridized carbons (Fsp3) is 0.933. The van der Waals surface area contributed by atoms with E-state index in [9.17, 15) is 43.2 Å². The molecular formula is C60H116O17P2. The molecule has 0 aromatic carbocycles. The monoisotopic (exact) mass is 1170 g/mol. The van der Waals surface area contributed by atoms with Gasteiger partial charge in [0.05, 0.1) is 26.4 Å². The molecule has 5 atom stereocenters. The second kappa shape index (κ2) is 55.3. The number of rotatable bonds is 61. The summed E-state index contributed by atoms with van der Waals surface area (Å²) in [7, 11) is -9.86. The van der Waals surface area contributed by atoms with E-state index in [2.05, 4.69) is 27.7 Å². The van der Waals surface area contributed by atoms with Crippen LogP contribution in [0.25, 0.3) is 0 Å². The Labute approximate surface area is 479 Å². The van der Waals surface area contributed by atoms with Crippen LogP contribution in [-0.2, 0) is 65.4 Å². The lowest BCUT2D eigenvalue weighted by Gasteiger charge is -2.21. The van der Waals surface area contributed by atoms with Gasteiger partial charge in [-0.1, -0.05) is 252 Å². The van der Waals surface area contributed by atoms with E-state index in [1.54, 1.807) is 0 Å². The largest absolute Gasteiger partial charge is 0.472 e. The maximum absolute atomic E-state index is 12.9. The summed E-state index contributed by atoms with van der Waals surface area (Å²) in [4.78, 5) is 71.7. The molecule has 0 aromatic heterocycles. The fourth-order valence-electron chi connectivity index (χ4n) is 8.93. The molecule has 0 fully saturated rings. The van der Waals surface area contributed by atoms with Crippen molar-refractivity contribution in [1.29, 1.82) is 0 Å². The van der Waals surface area contributed by atoms with Crippen LogP contribution in [0.1, 0.15) is 304 Å². The Kier molecular flexibility index (Phi) is 53.9. The van der Waals surface area contributed by atoms with Crippen molar-refractivity contribution < 1.29 is 80.2 Å². The van der Waals surface area contributed by atoms with Crippen molar-refractivity contribution in [3.8, 4) is 0 Å². The number of esters is 4. The second-order valence-corrected chi connectivity index (χ2v) is 24.6. The van der Waals surface area contributed by atoms with Gasteiger partial charge in [0.1, 0.15) is 19.3 Å². The van der Waals surface area contributed by atoms with Crippen molar-refractivity contribution in [2.24, 2.45) is 0 Å². The van der Waals surface area contributed by atoms with Crippen molar-refractivity contribution >= 4 is 39.5 Å². The molecule has 17 nitrogen and oxygen atoms in total. The number of hydrogen-bond acceptors (Lipinski definition) is 15. The number of ether oxygens (including phenoxy) is 4. The average molecular weight is 1170 g/mol. The number of unbranched alkanes of at least 4 members (excludes halogenated alkanes) is 35. The Hall–Kier alpha value is -1.94. The van der Waals surface area contributed by atoms with Crippen LogP contribution in [0.3, 0.4) is 0 Å². The predicted molar refractivity (Wildman–Crippen MR) is 312 cm³/mol. The molecule has 3 N–H and O–H groups in total. The van der Waals surface area contributed by atoms with Crippen LogP contribution < -0.4 is 0 Å². The third kappa shape index (κ3) is 55.0. The first kappa shape index (κ1) is 77.1. The molecule has 0 amide bonds. The minimum absolute atomic E-state index is 0.104. The molecule has 19 heteroatoms. The zero-order valence-electron chi connectivity index (χ0n) is 50.3. The number of phosphoric acid groups is 2. The van der Waals surface area contributed by atoms with Gasteiger partial charge in [0.15, 0.2) is 12.2 Å². The molecule has 0 saturated carbocycles. The Morgan fingerprint density at radius 2 is 0.506 bits per heavy atom. The molecule has 0 bridgehead atoms. The SMILES string of the molecule is CCCCCCCCCCCCCCCCCCC(=O)O[C@H](COC(=O)CCCCCCCCCCCC)COP(=O)(O)OC[C@@H](O)COP(=O)(O)OC[C@@H](COC(=O)CCCCCCC)OC(=O)CCCCCCCCCC. The molecule has 0 aromatic rings. The molecule has 0 heterocycles. The van der Waals surface area contributed by atoms with Crippen molar-refractivity contribution in [2.45, 2.75) is 322 Å². The third-order valence-corrected chi connectivity index (χ3v) is 15.8. The highest BCUT2D eigenvalue weighted by Crippen LogP contribution is 2.45. The van der Waals surface area contributed by atoms with Crippen molar-refractivity contribution in [3.05, 3.63) is 0 Å². The van der Waals surface area contributed by atoms with E-state index < -0.39 is 97.5 Å². The molecule has 0 aliphatic heterocycles. The van der Waals surface area contributed by atoms with E-state index in [-0.39, 0.29) is 25.7 Å². The van der Waals surface area contributed by atoms with E-state index in [0.717, 1.165) is 103 Å². The highest BCUT2D eigenvalue weighted by molar-refractivity contribution is 7.47. The van der Waals surface area contributed by atoms with E-state index in [4.69, 9.17) is 37.0 Å². The van der Waals surface area contributed by atoms with E-state index in [1.165, 1.54) is 122 Å². The smallest absolute Gasteiger partial charge is 0.462 e. The maximum atomic E-state index is 12.9. The zero-order valence-corrected chi connectivity index (χ0v) is 52.1. The summed E-state index contributed by atoms with van der Waals surface area (Å²) in [5.74, 6) is -2.15. The summed E-state index contributed by atoms with van der Waals surface area (Å²) >= 11 is 0. The summed E-state index contributed by atoms with van der Waals surface area (Å²) in [6.07, 6.45) is 39.3. The standard InChI is InChI=1S/C60H116O17P2/c1-5-9-13-17-20-23-25-26-27-28-29-30-32-35-39-43-47-60(65)77-56(51-71-58(63)45-41-37-34-31-24-21-18-14-10-6-2)53-75-79(68,69)73-49-54(61)48-72-78(66,67)74-52-55(50-70-57(62)44-40-36-16-12-8-4)76-59(64)46-42-38-33-22-19-15-11-7-3/h54-56,61H,5-53H2,1-4H3,(H,66,67)(H,68,69)/t54-,55+,56+/m0/s1. The van der Waals surface area contributed by atoms with Gasteiger partial charge >= 0.3 is 39.5 Å². The Balaban J connectivity index is 5.14. The minimum Gasteiger partial charge on any atom is -0.462 e. The van der Waals surface area contributed by atoms with Crippen molar-refractivity contribution in [3.63, 3.8) is 0 Å². The van der Waals surface area contributed by atoms with Gasteiger partial charge in [-0.2, -0.15) is 0 Å². The minimum atomic E-state index is -4.94. The number of carbonyl (C=O) groups excluding carboxylic acids is 4. The van der Waals surface area contributed by atoms with Crippen LogP contribution in [0, 0.1) is 0 Å². The van der Waals surface area contributed by atoms with Crippen LogP contribution in [0.4, 0.5) is 0 Å². The molecule has 468 valence electrons. The normalized spacial score (nSPS) is 14.3. The van der Waals surface area contributed by atoms with E-state index >= 15 is 0 Å². The molecule has 0 saturated heterocycles. The fourth-order valence-corrected chi connectivity index (χ4v) is 10.5. The number of carbonyl (C=O) groups is 4. The summed E-state index contributed by atoms with van der Waals surface area (Å²) in [6, 6.07) is 0. The molecule has 0 rings (SSSR count). The molecule has 0 aliphatic carbocycles. The van der Waals surface area contributed by atoms with Gasteiger partial charge < -0.3 is 33.8 Å². The number of aliphatic hydroxyl groups is 1. The molecular weight excluding hydrogens is 1050 g/mol. The highest BCUT2D eigenvalue weighted by Gasteiger charge is 2.30. The topological polar surface area (TPSA) is 237 Å². The van der Waals surface area contributed by atoms with Crippen molar-refractivity contribution in [2.75, 3.05) is 39.6 Å². The Morgan fingerprint density at radius 3 is 0.747 bits per heavy atom. The first-order chi connectivity index (χ1) is 38.2. The van der Waals surface area contributed by atoms with Crippen LogP contribution in [-0.4, -0.2) is 96.7 Å². The van der Waals surface area contributed by atoms with Crippen LogP contribution >= 0.6 is 15.6 Å². The van der Waals surface area contributed by atoms with Gasteiger partial charge in [-0.15, -0.1) is 0 Å². The van der Waals surface area contributed by atoms with E-state index in [1.807, 2.05) is 0 Å². The Morgan fingerprint density at radius 1 is 0.304 bits per heavy atom. The average Bonchev–Trinajstić information content (AvgIpc) is 3.42. The van der Waals surface area contributed by atoms with Gasteiger partial charge in [0.2, 0.25) is 0 Å². The molecule has 2 unspecified atom stereocenters. The van der Waals surface area contributed by atoms with Crippen molar-refractivity contribution in [1.82, 2.24) is 0 Å². The maximum Gasteiger partial charge on any atom is 0.472 e. The lowest BCUT2D eigenvalue weighted by molar-refractivity contribution is -0.161. The summed E-state index contributed by atoms with van der Waals surface area (Å²) in [5, 5.41) is 10.5. The number of phosphoric ester groups is 2. The first-order valence-corrected chi connectivity index (χ1v) is 34.8. The number of aliphatic hydroxyl groups excluding tert-OH is 1. The summed E-state index contributed by atoms with van der Waals surface area (Å²) in [6.45, 7) is 4.75. The van der Waals surface area contributed by atoms with Crippen LogP contribution in [0.5, 0.6) is 0 Å². The van der Waals surface area contributed by atoms with Crippen LogP contribution in [0.2, 0.25) is 0 Å². The highest BCUT2D eigenvalue weighted by atomic mass is 31.2. The third-order valence-electron chi connectivity index (χ3n) is 13.9. The van der Waals surface area contributed by atoms with Gasteiger partial charge in [-0.3, -0.25) is 37.3 Å². The first-order valence-electron chi connectivity index (χ1n) is 31.8. The molecule has 0 spiro atoms. The lowest BCUT2D eigenvalue weighted by atomic mass is 10.0. The molecule has 0 aliphatic rings. The molecule has 79 heavy (non-hydrogen) atoms. The zero-order chi connectivity index (χ0) is 58.3. The lowest BCUT2D eigenvalue weighted by Crippen LogP contribution is -2.30. The summed E-state index contributed by atoms with van der Waals surface area (Å²) in [5.41, 5.74) is 0. The van der Waals surface area contributed by atoms with E-state index in [0.29, 0.717) is 25.7 Å².